The van der Waals surface area contributed by atoms with Crippen LogP contribution in [0.3, 0.4) is 0 Å². The highest BCUT2D eigenvalue weighted by Gasteiger charge is 2.01. The molecule has 0 atom stereocenters. The molecule has 0 aliphatic carbocycles. The summed E-state index contributed by atoms with van der Waals surface area (Å²) in [6.07, 6.45) is 5.06. The Morgan fingerprint density at radius 3 is 3.18 bits per heavy atom. The van der Waals surface area contributed by atoms with Crippen molar-refractivity contribution in [2.75, 3.05) is 6.61 Å². The molecule has 2 aromatic heterocycles. The third kappa shape index (κ3) is 2.53. The number of hydrogen-bond acceptors (Lipinski definition) is 3. The van der Waals surface area contributed by atoms with Crippen LogP contribution < -0.4 is 0 Å². The third-order valence-corrected chi connectivity index (χ3v) is 2.34. The second kappa shape index (κ2) is 4.82. The van der Waals surface area contributed by atoms with Gasteiger partial charge in [-0.1, -0.05) is 6.07 Å². The molecule has 4 heteroatoms. The van der Waals surface area contributed by atoms with Gasteiger partial charge >= 0.3 is 5.97 Å². The van der Waals surface area contributed by atoms with Gasteiger partial charge in [0.15, 0.2) is 0 Å². The topological polar surface area (TPSA) is 43.6 Å². The number of carbonyl (C=O) groups excluding carboxylic acids is 1. The zero-order valence-corrected chi connectivity index (χ0v) is 9.88. The summed E-state index contributed by atoms with van der Waals surface area (Å²) >= 11 is 0. The normalized spacial score (nSPS) is 11.2. The maximum absolute atomic E-state index is 11.2. The van der Waals surface area contributed by atoms with E-state index in [0.29, 0.717) is 6.61 Å². The van der Waals surface area contributed by atoms with E-state index in [9.17, 15) is 4.79 Å². The number of carbonyl (C=O) groups is 1. The van der Waals surface area contributed by atoms with E-state index < -0.39 is 0 Å². The minimum atomic E-state index is -0.328. The molecule has 4 nitrogen and oxygen atoms in total. The standard InChI is InChI=1S/C13H14N2O2/c1-3-17-13(16)7-6-11-5-4-8-15-12(11)9-10(2)14-15/h4-9H,3H2,1-2H3. The lowest BCUT2D eigenvalue weighted by atomic mass is 10.2. The lowest BCUT2D eigenvalue weighted by molar-refractivity contribution is -0.137. The molecule has 0 bridgehead atoms. The first-order valence-corrected chi connectivity index (χ1v) is 5.50. The van der Waals surface area contributed by atoms with Crippen molar-refractivity contribution >= 4 is 17.6 Å². The van der Waals surface area contributed by atoms with Crippen molar-refractivity contribution in [3.8, 4) is 0 Å². The first-order valence-electron chi connectivity index (χ1n) is 5.50. The van der Waals surface area contributed by atoms with Crippen molar-refractivity contribution in [3.63, 3.8) is 0 Å². The van der Waals surface area contributed by atoms with E-state index in [2.05, 4.69) is 5.10 Å². The van der Waals surface area contributed by atoms with Crippen LogP contribution in [0.25, 0.3) is 11.6 Å². The van der Waals surface area contributed by atoms with Gasteiger partial charge in [0.05, 0.1) is 17.8 Å². The van der Waals surface area contributed by atoms with Crippen molar-refractivity contribution in [2.24, 2.45) is 0 Å². The number of ether oxygens (including phenoxy) is 1. The summed E-state index contributed by atoms with van der Waals surface area (Å²) in [4.78, 5) is 11.2. The van der Waals surface area contributed by atoms with E-state index in [1.807, 2.05) is 31.3 Å². The van der Waals surface area contributed by atoms with Crippen LogP contribution in [0.5, 0.6) is 0 Å². The average Bonchev–Trinajstić information content (AvgIpc) is 2.67. The number of aromatic nitrogens is 2. The van der Waals surface area contributed by atoms with E-state index >= 15 is 0 Å². The van der Waals surface area contributed by atoms with Crippen LogP contribution >= 0.6 is 0 Å². The molecule has 0 aliphatic heterocycles. The highest BCUT2D eigenvalue weighted by atomic mass is 16.5. The summed E-state index contributed by atoms with van der Waals surface area (Å²) in [7, 11) is 0. The van der Waals surface area contributed by atoms with E-state index in [4.69, 9.17) is 4.74 Å². The molecule has 0 N–H and O–H groups in total. The average molecular weight is 230 g/mol. The van der Waals surface area contributed by atoms with Crippen LogP contribution in [-0.2, 0) is 9.53 Å². The van der Waals surface area contributed by atoms with Crippen molar-refractivity contribution in [3.05, 3.63) is 41.7 Å². The van der Waals surface area contributed by atoms with E-state index in [1.54, 1.807) is 17.5 Å². The second-order valence-corrected chi connectivity index (χ2v) is 3.66. The van der Waals surface area contributed by atoms with Gasteiger partial charge in [0.1, 0.15) is 0 Å². The molecular formula is C13H14N2O2. The van der Waals surface area contributed by atoms with Crippen LogP contribution in [0.4, 0.5) is 0 Å². The summed E-state index contributed by atoms with van der Waals surface area (Å²) in [6, 6.07) is 5.81. The molecule has 2 rings (SSSR count). The molecule has 0 aliphatic rings. The molecule has 0 saturated heterocycles. The Bertz CT molecular complexity index is 570. The molecular weight excluding hydrogens is 216 g/mol. The molecule has 0 saturated carbocycles. The van der Waals surface area contributed by atoms with Gasteiger partial charge in [-0.15, -0.1) is 0 Å². The Morgan fingerprint density at radius 2 is 2.41 bits per heavy atom. The quantitative estimate of drug-likeness (QED) is 0.600. The third-order valence-electron chi connectivity index (χ3n) is 2.34. The Balaban J connectivity index is 2.32. The maximum Gasteiger partial charge on any atom is 0.330 e. The number of rotatable bonds is 3. The number of nitrogens with zero attached hydrogens (tertiary/aromatic N) is 2. The monoisotopic (exact) mass is 230 g/mol. The molecule has 2 aromatic rings. The predicted molar refractivity (Wildman–Crippen MR) is 65.6 cm³/mol. The summed E-state index contributed by atoms with van der Waals surface area (Å²) in [6.45, 7) is 4.11. The highest BCUT2D eigenvalue weighted by Crippen LogP contribution is 2.13. The first-order chi connectivity index (χ1) is 8.20. The lowest BCUT2D eigenvalue weighted by Crippen LogP contribution is -1.98. The molecule has 0 spiro atoms. The number of hydrogen-bond donors (Lipinski definition) is 0. The first kappa shape index (κ1) is 11.4. The van der Waals surface area contributed by atoms with Gasteiger partial charge in [0.25, 0.3) is 0 Å². The van der Waals surface area contributed by atoms with Gasteiger partial charge in [-0.3, -0.25) is 0 Å². The maximum atomic E-state index is 11.2. The van der Waals surface area contributed by atoms with Gasteiger partial charge in [0, 0.05) is 17.8 Å². The molecule has 88 valence electrons. The van der Waals surface area contributed by atoms with Gasteiger partial charge < -0.3 is 4.74 Å². The number of fused-ring (bicyclic) bond motifs is 1. The molecule has 0 amide bonds. The van der Waals surface area contributed by atoms with Crippen molar-refractivity contribution < 1.29 is 9.53 Å². The van der Waals surface area contributed by atoms with Crippen LogP contribution in [0.1, 0.15) is 18.2 Å². The van der Waals surface area contributed by atoms with Crippen LogP contribution in [0.15, 0.2) is 30.5 Å². The molecule has 0 unspecified atom stereocenters. The Hall–Kier alpha value is -2.10. The fourth-order valence-electron chi connectivity index (χ4n) is 1.65. The zero-order valence-electron chi connectivity index (χ0n) is 9.88. The number of pyridine rings is 1. The van der Waals surface area contributed by atoms with Crippen LogP contribution in [-0.4, -0.2) is 22.2 Å². The lowest BCUT2D eigenvalue weighted by Gasteiger charge is -1.98. The van der Waals surface area contributed by atoms with Crippen molar-refractivity contribution in [1.82, 2.24) is 9.61 Å². The number of aryl methyl sites for hydroxylation is 1. The van der Waals surface area contributed by atoms with Crippen molar-refractivity contribution in [1.29, 1.82) is 0 Å². The van der Waals surface area contributed by atoms with E-state index in [-0.39, 0.29) is 5.97 Å². The van der Waals surface area contributed by atoms with Gasteiger partial charge in [-0.25, -0.2) is 9.31 Å². The highest BCUT2D eigenvalue weighted by molar-refractivity contribution is 5.88. The minimum Gasteiger partial charge on any atom is -0.463 e. The molecule has 0 aromatic carbocycles. The number of esters is 1. The van der Waals surface area contributed by atoms with Crippen LogP contribution in [0, 0.1) is 6.92 Å². The Morgan fingerprint density at radius 1 is 1.59 bits per heavy atom. The molecule has 2 heterocycles. The summed E-state index contributed by atoms with van der Waals surface area (Å²) in [5.74, 6) is -0.328. The fourth-order valence-corrected chi connectivity index (χ4v) is 1.65. The van der Waals surface area contributed by atoms with Gasteiger partial charge in [-0.05, 0) is 32.1 Å². The van der Waals surface area contributed by atoms with Gasteiger partial charge in [0.2, 0.25) is 0 Å². The Kier molecular flexibility index (Phi) is 3.23. The summed E-state index contributed by atoms with van der Waals surface area (Å²) in [5, 5.41) is 4.30. The minimum absolute atomic E-state index is 0.328. The SMILES string of the molecule is CCOC(=O)C=Cc1cccn2nc(C)cc12. The Labute approximate surface area is 99.5 Å². The molecule has 0 fully saturated rings. The van der Waals surface area contributed by atoms with E-state index in [0.717, 1.165) is 16.8 Å². The molecule has 17 heavy (non-hydrogen) atoms. The second-order valence-electron chi connectivity index (χ2n) is 3.66. The smallest absolute Gasteiger partial charge is 0.330 e. The summed E-state index contributed by atoms with van der Waals surface area (Å²) < 4.78 is 6.62. The molecule has 0 radical (unpaired) electrons. The van der Waals surface area contributed by atoms with Crippen molar-refractivity contribution in [2.45, 2.75) is 13.8 Å². The largest absolute Gasteiger partial charge is 0.463 e. The fraction of sp³-hybridized carbons (Fsp3) is 0.231. The predicted octanol–water partition coefficient (Wildman–Crippen LogP) is 2.22. The van der Waals surface area contributed by atoms with E-state index in [1.165, 1.54) is 6.08 Å². The summed E-state index contributed by atoms with van der Waals surface area (Å²) in [5.41, 5.74) is 2.87. The van der Waals surface area contributed by atoms with Crippen LogP contribution in [0.2, 0.25) is 0 Å². The zero-order chi connectivity index (χ0) is 12.3. The van der Waals surface area contributed by atoms with Gasteiger partial charge in [-0.2, -0.15) is 5.10 Å².